The molecule has 0 amide bonds. The van der Waals surface area contributed by atoms with E-state index >= 15 is 0 Å². The molecule has 2 aromatic rings. The summed E-state index contributed by atoms with van der Waals surface area (Å²) in [5, 5.41) is 3.14. The molecule has 2 heterocycles. The van der Waals surface area contributed by atoms with Crippen LogP contribution >= 0.6 is 24.0 Å². The molecule has 1 atom stereocenters. The number of likely N-dealkylation sites (tertiary alicyclic amines) is 1. The molecule has 0 aliphatic carbocycles. The van der Waals surface area contributed by atoms with Gasteiger partial charge in [-0.05, 0) is 76.2 Å². The Bertz CT molecular complexity index is 695. The molecule has 0 spiro atoms. The number of nitrogens with one attached hydrogen (secondary N) is 1. The maximum absolute atomic E-state index is 6.08. The lowest BCUT2D eigenvalue weighted by Gasteiger charge is -2.24. The van der Waals surface area contributed by atoms with Gasteiger partial charge in [-0.1, -0.05) is 0 Å². The number of nitrogens with zero attached hydrogens (tertiary/aromatic N) is 2. The first-order chi connectivity index (χ1) is 12.6. The first-order valence-corrected chi connectivity index (χ1v) is 9.23. The smallest absolute Gasteiger partial charge is 0.193 e. The molecule has 0 saturated carbocycles. The van der Waals surface area contributed by atoms with Gasteiger partial charge in [-0.2, -0.15) is 0 Å². The van der Waals surface area contributed by atoms with E-state index in [2.05, 4.69) is 15.2 Å². The Labute approximate surface area is 178 Å². The van der Waals surface area contributed by atoms with E-state index < -0.39 is 0 Å². The van der Waals surface area contributed by atoms with Gasteiger partial charge in [0.2, 0.25) is 0 Å². The van der Waals surface area contributed by atoms with E-state index in [-0.39, 0.29) is 36.1 Å². The first-order valence-electron chi connectivity index (χ1n) is 9.23. The fourth-order valence-corrected chi connectivity index (χ4v) is 3.18. The van der Waals surface area contributed by atoms with Crippen LogP contribution in [0.15, 0.2) is 52.1 Å². The SMILES string of the molecule is CC(C)Oc1ccc(NC(N)=NCC(c2ccco2)N2CCCC2)cc1.I. The minimum absolute atomic E-state index is 0. The number of guanidine groups is 1. The molecule has 1 unspecified atom stereocenters. The lowest BCUT2D eigenvalue weighted by atomic mass is 10.2. The Morgan fingerprint density at radius 1 is 1.22 bits per heavy atom. The molecule has 1 fully saturated rings. The number of anilines is 1. The molecule has 27 heavy (non-hydrogen) atoms. The van der Waals surface area contributed by atoms with Crippen LogP contribution in [0, 0.1) is 0 Å². The fraction of sp³-hybridized carbons (Fsp3) is 0.450. The Morgan fingerprint density at radius 3 is 2.52 bits per heavy atom. The number of hydrogen-bond acceptors (Lipinski definition) is 4. The topological polar surface area (TPSA) is 76.0 Å². The predicted molar refractivity (Wildman–Crippen MR) is 120 cm³/mol. The van der Waals surface area contributed by atoms with Crippen molar-refractivity contribution in [1.82, 2.24) is 4.90 Å². The number of rotatable bonds is 7. The number of nitrogens with two attached hydrogens (primary N) is 1. The number of furan rings is 1. The third-order valence-corrected chi connectivity index (χ3v) is 4.39. The van der Waals surface area contributed by atoms with Crippen molar-refractivity contribution in [3.8, 4) is 5.75 Å². The second kappa shape index (κ2) is 10.6. The second-order valence-electron chi connectivity index (χ2n) is 6.82. The number of benzene rings is 1. The summed E-state index contributed by atoms with van der Waals surface area (Å²) in [5.74, 6) is 2.19. The van der Waals surface area contributed by atoms with Gasteiger partial charge in [-0.3, -0.25) is 9.89 Å². The van der Waals surface area contributed by atoms with E-state index in [9.17, 15) is 0 Å². The monoisotopic (exact) mass is 484 g/mol. The van der Waals surface area contributed by atoms with Gasteiger partial charge < -0.3 is 20.2 Å². The van der Waals surface area contributed by atoms with Crippen LogP contribution in [0.4, 0.5) is 5.69 Å². The molecular weight excluding hydrogens is 455 g/mol. The maximum Gasteiger partial charge on any atom is 0.193 e. The molecule has 1 aliphatic rings. The minimum atomic E-state index is 0. The van der Waals surface area contributed by atoms with Gasteiger partial charge in [0, 0.05) is 5.69 Å². The number of ether oxygens (including phenoxy) is 1. The molecule has 0 radical (unpaired) electrons. The molecule has 1 aromatic heterocycles. The summed E-state index contributed by atoms with van der Waals surface area (Å²) in [6.07, 6.45) is 4.31. The molecule has 6 nitrogen and oxygen atoms in total. The highest BCUT2D eigenvalue weighted by atomic mass is 127. The van der Waals surface area contributed by atoms with E-state index in [1.807, 2.05) is 50.2 Å². The van der Waals surface area contributed by atoms with Crippen molar-refractivity contribution in [2.24, 2.45) is 10.7 Å². The van der Waals surface area contributed by atoms with Gasteiger partial charge in [0.25, 0.3) is 0 Å². The molecule has 0 bridgehead atoms. The lowest BCUT2D eigenvalue weighted by molar-refractivity contribution is 0.221. The highest BCUT2D eigenvalue weighted by Crippen LogP contribution is 2.26. The quantitative estimate of drug-likeness (QED) is 0.349. The molecule has 3 N–H and O–H groups in total. The van der Waals surface area contributed by atoms with Crippen molar-refractivity contribution in [1.29, 1.82) is 0 Å². The van der Waals surface area contributed by atoms with Crippen LogP contribution in [0.2, 0.25) is 0 Å². The predicted octanol–water partition coefficient (Wildman–Crippen LogP) is 4.25. The van der Waals surface area contributed by atoms with Crippen molar-refractivity contribution < 1.29 is 9.15 Å². The minimum Gasteiger partial charge on any atom is -0.491 e. The van der Waals surface area contributed by atoms with E-state index in [0.717, 1.165) is 30.3 Å². The van der Waals surface area contributed by atoms with Gasteiger partial charge >= 0.3 is 0 Å². The van der Waals surface area contributed by atoms with Crippen molar-refractivity contribution in [2.45, 2.75) is 38.8 Å². The van der Waals surface area contributed by atoms with Gasteiger partial charge in [0.15, 0.2) is 5.96 Å². The van der Waals surface area contributed by atoms with Crippen LogP contribution in [0.1, 0.15) is 38.5 Å². The van der Waals surface area contributed by atoms with Gasteiger partial charge in [0.05, 0.1) is 25.0 Å². The zero-order chi connectivity index (χ0) is 18.4. The molecule has 1 aromatic carbocycles. The van der Waals surface area contributed by atoms with Crippen molar-refractivity contribution >= 4 is 35.6 Å². The Morgan fingerprint density at radius 2 is 1.93 bits per heavy atom. The Kier molecular flexibility index (Phi) is 8.43. The fourth-order valence-electron chi connectivity index (χ4n) is 3.18. The molecular formula is C20H29IN4O2. The van der Waals surface area contributed by atoms with Crippen molar-refractivity contribution in [3.05, 3.63) is 48.4 Å². The molecule has 1 aliphatic heterocycles. The second-order valence-corrected chi connectivity index (χ2v) is 6.82. The molecule has 7 heteroatoms. The van der Waals surface area contributed by atoms with E-state index in [4.69, 9.17) is 14.9 Å². The summed E-state index contributed by atoms with van der Waals surface area (Å²) in [4.78, 5) is 6.95. The largest absolute Gasteiger partial charge is 0.491 e. The zero-order valence-corrected chi connectivity index (χ0v) is 18.3. The van der Waals surface area contributed by atoms with Crippen LogP contribution in [-0.4, -0.2) is 36.6 Å². The van der Waals surface area contributed by atoms with Gasteiger partial charge in [0.1, 0.15) is 11.5 Å². The van der Waals surface area contributed by atoms with E-state index in [0.29, 0.717) is 12.5 Å². The summed E-state index contributed by atoms with van der Waals surface area (Å²) in [7, 11) is 0. The molecule has 148 valence electrons. The van der Waals surface area contributed by atoms with Gasteiger partial charge in [-0.15, -0.1) is 24.0 Å². The Balaban J connectivity index is 0.00000261. The van der Waals surface area contributed by atoms with Gasteiger partial charge in [-0.25, -0.2) is 0 Å². The summed E-state index contributed by atoms with van der Waals surface area (Å²) in [5.41, 5.74) is 6.97. The first kappa shape index (κ1) is 21.6. The standard InChI is InChI=1S/C20H28N4O2.HI/c1-15(2)26-17-9-7-16(8-10-17)23-20(21)22-14-18(19-6-5-13-25-19)24-11-3-4-12-24;/h5-10,13,15,18H,3-4,11-12,14H2,1-2H3,(H3,21,22,23);1H. The van der Waals surface area contributed by atoms with Crippen LogP contribution in [0.3, 0.4) is 0 Å². The van der Waals surface area contributed by atoms with Crippen molar-refractivity contribution in [3.63, 3.8) is 0 Å². The normalized spacial score (nSPS) is 16.2. The number of hydrogen-bond donors (Lipinski definition) is 2. The third-order valence-electron chi connectivity index (χ3n) is 4.39. The van der Waals surface area contributed by atoms with Crippen LogP contribution in [-0.2, 0) is 0 Å². The van der Waals surface area contributed by atoms with Crippen LogP contribution in [0.5, 0.6) is 5.75 Å². The molecule has 1 saturated heterocycles. The summed E-state index contributed by atoms with van der Waals surface area (Å²) >= 11 is 0. The average molecular weight is 484 g/mol. The number of aliphatic imine (C=N–C) groups is 1. The Hall–Kier alpha value is -1.74. The van der Waals surface area contributed by atoms with E-state index in [1.165, 1.54) is 12.8 Å². The summed E-state index contributed by atoms with van der Waals surface area (Å²) in [6.45, 7) is 6.73. The lowest BCUT2D eigenvalue weighted by Crippen LogP contribution is -2.30. The molecule has 3 rings (SSSR count). The van der Waals surface area contributed by atoms with Crippen molar-refractivity contribution in [2.75, 3.05) is 25.0 Å². The van der Waals surface area contributed by atoms with Crippen LogP contribution < -0.4 is 15.8 Å². The summed E-state index contributed by atoms with van der Waals surface area (Å²) < 4.78 is 11.3. The van der Waals surface area contributed by atoms with Crippen LogP contribution in [0.25, 0.3) is 0 Å². The van der Waals surface area contributed by atoms with E-state index in [1.54, 1.807) is 6.26 Å². The summed E-state index contributed by atoms with van der Waals surface area (Å²) in [6, 6.07) is 11.8. The number of halogens is 1. The highest BCUT2D eigenvalue weighted by Gasteiger charge is 2.25. The highest BCUT2D eigenvalue weighted by molar-refractivity contribution is 14.0. The third kappa shape index (κ3) is 6.42. The average Bonchev–Trinajstić information content (AvgIpc) is 3.30. The zero-order valence-electron chi connectivity index (χ0n) is 15.9. The maximum atomic E-state index is 6.08.